The van der Waals surface area contributed by atoms with E-state index in [2.05, 4.69) is 31.2 Å². The van der Waals surface area contributed by atoms with Crippen molar-refractivity contribution < 1.29 is 14.3 Å². The molecule has 1 aromatic rings. The smallest absolute Gasteiger partial charge is 0.273 e. The van der Waals surface area contributed by atoms with Crippen molar-refractivity contribution in [2.75, 3.05) is 46.5 Å². The van der Waals surface area contributed by atoms with Crippen LogP contribution in [0.25, 0.3) is 0 Å². The van der Waals surface area contributed by atoms with Gasteiger partial charge in [-0.05, 0) is 15.9 Å². The number of hydrogen-bond acceptors (Lipinski definition) is 5. The summed E-state index contributed by atoms with van der Waals surface area (Å²) in [6.07, 6.45) is 0. The molecule has 0 unspecified atom stereocenters. The lowest BCUT2D eigenvalue weighted by Crippen LogP contribution is -2.41. The molecule has 20 heavy (non-hydrogen) atoms. The maximum atomic E-state index is 12.1. The lowest BCUT2D eigenvalue weighted by atomic mass is 10.3. The fourth-order valence-corrected chi connectivity index (χ4v) is 2.76. The quantitative estimate of drug-likeness (QED) is 0.827. The molecule has 1 aliphatic rings. The van der Waals surface area contributed by atoms with Crippen molar-refractivity contribution in [3.63, 3.8) is 0 Å². The Morgan fingerprint density at radius 1 is 1.50 bits per heavy atom. The van der Waals surface area contributed by atoms with Crippen LogP contribution in [0.3, 0.4) is 0 Å². The molecule has 8 heteroatoms. The van der Waals surface area contributed by atoms with E-state index in [9.17, 15) is 4.79 Å². The monoisotopic (exact) mass is 346 g/mol. The summed E-state index contributed by atoms with van der Waals surface area (Å²) in [4.78, 5) is 14.3. The van der Waals surface area contributed by atoms with Crippen molar-refractivity contribution >= 4 is 21.8 Å². The Morgan fingerprint density at radius 3 is 2.80 bits per heavy atom. The molecule has 1 aliphatic heterocycles. The second-order valence-electron chi connectivity index (χ2n) is 4.51. The normalized spacial score (nSPS) is 16.1. The molecule has 2 heterocycles. The second kappa shape index (κ2) is 7.05. The molecule has 0 saturated carbocycles. The van der Waals surface area contributed by atoms with Gasteiger partial charge in [0.05, 0.1) is 20.3 Å². The molecular weight excluding hydrogens is 328 g/mol. The van der Waals surface area contributed by atoms with Crippen molar-refractivity contribution in [3.8, 4) is 5.88 Å². The van der Waals surface area contributed by atoms with Crippen LogP contribution in [0.5, 0.6) is 5.88 Å². The number of ether oxygens (including phenoxy) is 2. The molecule has 0 atom stereocenters. The third-order valence-electron chi connectivity index (χ3n) is 3.17. The predicted molar refractivity (Wildman–Crippen MR) is 77.1 cm³/mol. The van der Waals surface area contributed by atoms with Crippen LogP contribution in [-0.2, 0) is 11.8 Å². The first-order valence-corrected chi connectivity index (χ1v) is 7.27. The van der Waals surface area contributed by atoms with Crippen molar-refractivity contribution in [2.24, 2.45) is 7.05 Å². The minimum Gasteiger partial charge on any atom is -0.480 e. The fraction of sp³-hybridized carbons (Fsp3) is 0.667. The van der Waals surface area contributed by atoms with Gasteiger partial charge < -0.3 is 14.8 Å². The van der Waals surface area contributed by atoms with Gasteiger partial charge in [-0.3, -0.25) is 9.69 Å². The number of aromatic nitrogens is 2. The van der Waals surface area contributed by atoms with Gasteiger partial charge in [0.25, 0.3) is 5.91 Å². The number of aryl methyl sites for hydroxylation is 1. The minimum absolute atomic E-state index is 0.205. The summed E-state index contributed by atoms with van der Waals surface area (Å²) in [5.41, 5.74) is 0.339. The number of rotatable bonds is 5. The Morgan fingerprint density at radius 2 is 2.20 bits per heavy atom. The number of hydrogen-bond donors (Lipinski definition) is 1. The van der Waals surface area contributed by atoms with Crippen LogP contribution in [0.2, 0.25) is 0 Å². The fourth-order valence-electron chi connectivity index (χ4n) is 2.09. The highest BCUT2D eigenvalue weighted by Crippen LogP contribution is 2.27. The summed E-state index contributed by atoms with van der Waals surface area (Å²) in [6.45, 7) is 4.75. The van der Waals surface area contributed by atoms with Crippen LogP contribution >= 0.6 is 15.9 Å². The first-order chi connectivity index (χ1) is 9.63. The number of nitrogens with zero attached hydrogens (tertiary/aromatic N) is 3. The Bertz CT molecular complexity index is 472. The number of halogens is 1. The molecule has 1 amide bonds. The lowest BCUT2D eigenvalue weighted by molar-refractivity contribution is 0.0383. The zero-order chi connectivity index (χ0) is 14.5. The van der Waals surface area contributed by atoms with E-state index in [1.54, 1.807) is 14.2 Å². The lowest BCUT2D eigenvalue weighted by Gasteiger charge is -2.26. The number of morpholine rings is 1. The SMILES string of the molecule is COc1c(Br)c(C(=O)NCCN2CCOCC2)nn1C. The van der Waals surface area contributed by atoms with E-state index < -0.39 is 0 Å². The van der Waals surface area contributed by atoms with Gasteiger partial charge in [0.2, 0.25) is 5.88 Å². The number of nitrogens with one attached hydrogen (secondary N) is 1. The topological polar surface area (TPSA) is 68.6 Å². The standard InChI is InChI=1S/C12H19BrN4O3/c1-16-12(19-2)9(13)10(15-16)11(18)14-3-4-17-5-7-20-8-6-17/h3-8H2,1-2H3,(H,14,18). The average Bonchev–Trinajstić information content (AvgIpc) is 2.74. The number of carbonyl (C=O) groups excluding carboxylic acids is 1. The van der Waals surface area contributed by atoms with E-state index in [-0.39, 0.29) is 5.91 Å². The van der Waals surface area contributed by atoms with Crippen molar-refractivity contribution in [2.45, 2.75) is 0 Å². The zero-order valence-electron chi connectivity index (χ0n) is 11.7. The van der Waals surface area contributed by atoms with Crippen LogP contribution in [0.4, 0.5) is 0 Å². The summed E-state index contributed by atoms with van der Waals surface area (Å²) < 4.78 is 12.5. The third kappa shape index (κ3) is 3.50. The van der Waals surface area contributed by atoms with Gasteiger partial charge in [-0.15, -0.1) is 0 Å². The molecule has 1 saturated heterocycles. The van der Waals surface area contributed by atoms with Crippen LogP contribution < -0.4 is 10.1 Å². The molecule has 1 N–H and O–H groups in total. The molecule has 2 rings (SSSR count). The molecule has 0 radical (unpaired) electrons. The maximum absolute atomic E-state index is 12.1. The molecule has 1 aromatic heterocycles. The summed E-state index contributed by atoms with van der Waals surface area (Å²) in [5, 5.41) is 7.01. The van der Waals surface area contributed by atoms with Gasteiger partial charge in [-0.1, -0.05) is 0 Å². The van der Waals surface area contributed by atoms with E-state index in [0.717, 1.165) is 32.8 Å². The summed E-state index contributed by atoms with van der Waals surface area (Å²) in [5.74, 6) is 0.326. The molecule has 0 bridgehead atoms. The molecule has 112 valence electrons. The summed E-state index contributed by atoms with van der Waals surface area (Å²) >= 11 is 3.34. The predicted octanol–water partition coefficient (Wildman–Crippen LogP) is 0.253. The Labute approximate surface area is 126 Å². The maximum Gasteiger partial charge on any atom is 0.273 e. The Balaban J connectivity index is 1.85. The molecule has 0 spiro atoms. The molecular formula is C12H19BrN4O3. The molecule has 0 aliphatic carbocycles. The Hall–Kier alpha value is -1.12. The third-order valence-corrected chi connectivity index (χ3v) is 3.88. The zero-order valence-corrected chi connectivity index (χ0v) is 13.3. The van der Waals surface area contributed by atoms with Crippen molar-refractivity contribution in [1.29, 1.82) is 0 Å². The van der Waals surface area contributed by atoms with Gasteiger partial charge in [-0.2, -0.15) is 5.10 Å². The highest BCUT2D eigenvalue weighted by atomic mass is 79.9. The second-order valence-corrected chi connectivity index (χ2v) is 5.30. The van der Waals surface area contributed by atoms with Crippen LogP contribution in [0.1, 0.15) is 10.5 Å². The molecule has 1 fully saturated rings. The van der Waals surface area contributed by atoms with E-state index >= 15 is 0 Å². The highest BCUT2D eigenvalue weighted by molar-refractivity contribution is 9.10. The number of methoxy groups -OCH3 is 1. The first-order valence-electron chi connectivity index (χ1n) is 6.48. The van der Waals surface area contributed by atoms with Gasteiger partial charge in [0.15, 0.2) is 5.69 Å². The van der Waals surface area contributed by atoms with E-state index in [1.165, 1.54) is 4.68 Å². The highest BCUT2D eigenvalue weighted by Gasteiger charge is 2.20. The van der Waals surface area contributed by atoms with Gasteiger partial charge >= 0.3 is 0 Å². The molecule has 0 aromatic carbocycles. The van der Waals surface area contributed by atoms with Crippen molar-refractivity contribution in [3.05, 3.63) is 10.2 Å². The van der Waals surface area contributed by atoms with Gasteiger partial charge in [0, 0.05) is 33.2 Å². The largest absolute Gasteiger partial charge is 0.480 e. The minimum atomic E-state index is -0.205. The van der Waals surface area contributed by atoms with E-state index in [1.807, 2.05) is 0 Å². The van der Waals surface area contributed by atoms with Crippen LogP contribution in [0, 0.1) is 0 Å². The summed E-state index contributed by atoms with van der Waals surface area (Å²) in [6, 6.07) is 0. The van der Waals surface area contributed by atoms with Gasteiger partial charge in [-0.25, -0.2) is 4.68 Å². The molecule has 7 nitrogen and oxygen atoms in total. The number of amides is 1. The number of carbonyl (C=O) groups is 1. The van der Waals surface area contributed by atoms with Crippen molar-refractivity contribution in [1.82, 2.24) is 20.0 Å². The van der Waals surface area contributed by atoms with E-state index in [4.69, 9.17) is 9.47 Å². The first kappa shape index (κ1) is 15.3. The Kier molecular flexibility index (Phi) is 5.38. The average molecular weight is 347 g/mol. The van der Waals surface area contributed by atoms with Crippen LogP contribution in [0.15, 0.2) is 4.47 Å². The summed E-state index contributed by atoms with van der Waals surface area (Å²) in [7, 11) is 3.27. The van der Waals surface area contributed by atoms with Gasteiger partial charge in [0.1, 0.15) is 4.47 Å². The van der Waals surface area contributed by atoms with Crippen LogP contribution in [-0.4, -0.2) is 67.1 Å². The van der Waals surface area contributed by atoms with E-state index in [0.29, 0.717) is 22.6 Å².